The topological polar surface area (TPSA) is 37.3 Å². The highest BCUT2D eigenvalue weighted by Crippen LogP contribution is 2.31. The second-order valence-corrected chi connectivity index (χ2v) is 5.46. The Balaban J connectivity index is 2.31. The lowest BCUT2D eigenvalue weighted by Crippen LogP contribution is -2.12. The van der Waals surface area contributed by atoms with Crippen LogP contribution >= 0.6 is 22.7 Å². The standard InChI is InChI=1S/C5H10O2S2/c6-5(7)9-3-1-8-2-4-9/h9H,1-4H2,(H,6,7). The van der Waals surface area contributed by atoms with Crippen LogP contribution in [0.2, 0.25) is 0 Å². The van der Waals surface area contributed by atoms with Crippen molar-refractivity contribution < 1.29 is 9.90 Å². The van der Waals surface area contributed by atoms with Crippen molar-refractivity contribution in [3.05, 3.63) is 0 Å². The smallest absolute Gasteiger partial charge is 0.344 e. The lowest BCUT2D eigenvalue weighted by molar-refractivity contribution is 0.221. The van der Waals surface area contributed by atoms with Crippen molar-refractivity contribution in [1.82, 2.24) is 0 Å². The zero-order valence-electron chi connectivity index (χ0n) is 5.04. The molecule has 0 bridgehead atoms. The van der Waals surface area contributed by atoms with E-state index in [1.165, 1.54) is 0 Å². The number of hydrogen-bond donors (Lipinski definition) is 2. The van der Waals surface area contributed by atoms with Gasteiger partial charge in [-0.25, -0.2) is 4.79 Å². The van der Waals surface area contributed by atoms with Crippen LogP contribution in [0.4, 0.5) is 4.79 Å². The van der Waals surface area contributed by atoms with Crippen LogP contribution in [0.15, 0.2) is 0 Å². The molecule has 0 atom stereocenters. The fraction of sp³-hybridized carbons (Fsp3) is 0.800. The Bertz CT molecular complexity index is 110. The van der Waals surface area contributed by atoms with Crippen molar-refractivity contribution in [1.29, 1.82) is 0 Å². The third kappa shape index (κ3) is 2.10. The van der Waals surface area contributed by atoms with Crippen LogP contribution in [-0.4, -0.2) is 33.4 Å². The molecule has 1 saturated heterocycles. The summed E-state index contributed by atoms with van der Waals surface area (Å²) in [6.45, 7) is 0. The summed E-state index contributed by atoms with van der Waals surface area (Å²) in [5, 5.41) is 8.01. The first kappa shape index (κ1) is 7.28. The van der Waals surface area contributed by atoms with Gasteiger partial charge in [-0.1, -0.05) is 0 Å². The van der Waals surface area contributed by atoms with E-state index < -0.39 is 16.2 Å². The minimum Gasteiger partial charge on any atom is -0.474 e. The zero-order valence-corrected chi connectivity index (χ0v) is 6.75. The van der Waals surface area contributed by atoms with Crippen molar-refractivity contribution in [2.75, 3.05) is 23.0 Å². The largest absolute Gasteiger partial charge is 0.474 e. The van der Waals surface area contributed by atoms with Gasteiger partial charge in [-0.2, -0.15) is 22.7 Å². The van der Waals surface area contributed by atoms with E-state index in [1.807, 2.05) is 11.8 Å². The normalized spacial score (nSPS) is 23.8. The molecular formula is C5H10O2S2. The Morgan fingerprint density at radius 2 is 2.00 bits per heavy atom. The lowest BCUT2D eigenvalue weighted by Gasteiger charge is -2.20. The number of carbonyl (C=O) groups is 1. The van der Waals surface area contributed by atoms with Gasteiger partial charge in [0.2, 0.25) is 0 Å². The summed E-state index contributed by atoms with van der Waals surface area (Å²) < 4.78 is 0. The van der Waals surface area contributed by atoms with Crippen molar-refractivity contribution in [2.24, 2.45) is 0 Å². The van der Waals surface area contributed by atoms with Gasteiger partial charge in [-0.3, -0.25) is 0 Å². The highest BCUT2D eigenvalue weighted by Gasteiger charge is 2.15. The van der Waals surface area contributed by atoms with Crippen LogP contribution in [0.3, 0.4) is 0 Å². The Hall–Kier alpha value is 0.170. The van der Waals surface area contributed by atoms with E-state index in [-0.39, 0.29) is 0 Å². The molecule has 1 aliphatic rings. The quantitative estimate of drug-likeness (QED) is 0.534. The highest BCUT2D eigenvalue weighted by atomic mass is 32.2. The Morgan fingerprint density at radius 3 is 2.33 bits per heavy atom. The van der Waals surface area contributed by atoms with E-state index in [1.54, 1.807) is 0 Å². The number of carboxylic acid groups (broad SMARTS) is 1. The summed E-state index contributed by atoms with van der Waals surface area (Å²) >= 11 is 1.87. The summed E-state index contributed by atoms with van der Waals surface area (Å²) in [4.78, 5) is 10.4. The molecule has 9 heavy (non-hydrogen) atoms. The summed E-state index contributed by atoms with van der Waals surface area (Å²) in [6, 6.07) is 0. The van der Waals surface area contributed by atoms with Crippen LogP contribution in [0.25, 0.3) is 0 Å². The van der Waals surface area contributed by atoms with Crippen molar-refractivity contribution in [2.45, 2.75) is 0 Å². The van der Waals surface area contributed by atoms with E-state index in [0.29, 0.717) is 0 Å². The van der Waals surface area contributed by atoms with Gasteiger partial charge < -0.3 is 5.11 Å². The average Bonchev–Trinajstić information content (AvgIpc) is 1.90. The van der Waals surface area contributed by atoms with Gasteiger partial charge in [0.15, 0.2) is 0 Å². The summed E-state index contributed by atoms with van der Waals surface area (Å²) in [5.74, 6) is 3.96. The molecule has 0 aliphatic carbocycles. The Labute approximate surface area is 61.4 Å². The highest BCUT2D eigenvalue weighted by molar-refractivity contribution is 8.30. The Kier molecular flexibility index (Phi) is 2.72. The van der Waals surface area contributed by atoms with Crippen LogP contribution in [0.1, 0.15) is 0 Å². The first-order chi connectivity index (χ1) is 4.30. The summed E-state index contributed by atoms with van der Waals surface area (Å²) in [7, 11) is -0.635. The third-order valence-corrected chi connectivity index (χ3v) is 4.94. The number of thioether (sulfide) groups is 1. The molecule has 2 nitrogen and oxygen atoms in total. The van der Waals surface area contributed by atoms with E-state index in [4.69, 9.17) is 5.11 Å². The third-order valence-electron chi connectivity index (χ3n) is 1.28. The molecule has 1 aliphatic heterocycles. The minimum atomic E-state index is -0.635. The number of thiol groups is 1. The van der Waals surface area contributed by atoms with Crippen LogP contribution in [0.5, 0.6) is 0 Å². The van der Waals surface area contributed by atoms with Crippen LogP contribution in [-0.2, 0) is 0 Å². The maximum atomic E-state index is 10.4. The molecule has 1 fully saturated rings. The van der Waals surface area contributed by atoms with Crippen molar-refractivity contribution in [3.8, 4) is 0 Å². The molecule has 0 radical (unpaired) electrons. The Morgan fingerprint density at radius 1 is 1.44 bits per heavy atom. The molecule has 0 aromatic carbocycles. The maximum Gasteiger partial charge on any atom is 0.344 e. The van der Waals surface area contributed by atoms with Crippen LogP contribution < -0.4 is 0 Å². The maximum absolute atomic E-state index is 10.4. The fourth-order valence-corrected chi connectivity index (χ4v) is 4.36. The molecule has 0 spiro atoms. The molecule has 1 heterocycles. The monoisotopic (exact) mass is 166 g/mol. The molecule has 4 heteroatoms. The molecule has 1 N–H and O–H groups in total. The SMILES string of the molecule is O=C(O)[SH]1CCSCC1. The van der Waals surface area contributed by atoms with Gasteiger partial charge >= 0.3 is 5.30 Å². The number of hydrogen-bond acceptors (Lipinski definition) is 2. The predicted octanol–water partition coefficient (Wildman–Crippen LogP) is 1.41. The van der Waals surface area contributed by atoms with Gasteiger partial charge in [0.25, 0.3) is 0 Å². The second kappa shape index (κ2) is 3.37. The molecule has 1 rings (SSSR count). The minimum absolute atomic E-state index is 0.551. The first-order valence-electron chi connectivity index (χ1n) is 2.86. The molecule has 0 aromatic heterocycles. The summed E-state index contributed by atoms with van der Waals surface area (Å²) in [6.07, 6.45) is 0. The lowest BCUT2D eigenvalue weighted by atomic mass is 10.9. The number of rotatable bonds is 0. The van der Waals surface area contributed by atoms with Gasteiger partial charge in [-0.05, 0) is 11.5 Å². The van der Waals surface area contributed by atoms with E-state index in [0.717, 1.165) is 23.0 Å². The van der Waals surface area contributed by atoms with Gasteiger partial charge in [0.05, 0.1) is 0 Å². The van der Waals surface area contributed by atoms with Crippen molar-refractivity contribution in [3.63, 3.8) is 0 Å². The van der Waals surface area contributed by atoms with Gasteiger partial charge in [0, 0.05) is 11.5 Å². The average molecular weight is 166 g/mol. The molecule has 0 unspecified atom stereocenters. The van der Waals surface area contributed by atoms with E-state index >= 15 is 0 Å². The van der Waals surface area contributed by atoms with Gasteiger partial charge in [-0.15, -0.1) is 0 Å². The molecule has 0 aromatic rings. The second-order valence-electron chi connectivity index (χ2n) is 1.88. The van der Waals surface area contributed by atoms with E-state index in [9.17, 15) is 4.79 Å². The molecule has 54 valence electrons. The zero-order chi connectivity index (χ0) is 6.69. The van der Waals surface area contributed by atoms with Crippen LogP contribution in [0, 0.1) is 0 Å². The molecular weight excluding hydrogens is 156 g/mol. The predicted molar refractivity (Wildman–Crippen MR) is 44.1 cm³/mol. The summed E-state index contributed by atoms with van der Waals surface area (Å²) in [5.41, 5.74) is 0. The first-order valence-corrected chi connectivity index (χ1v) is 5.73. The van der Waals surface area contributed by atoms with E-state index in [2.05, 4.69) is 0 Å². The van der Waals surface area contributed by atoms with Crippen molar-refractivity contribution >= 4 is 28.0 Å². The fourth-order valence-electron chi connectivity index (χ4n) is 0.755. The van der Waals surface area contributed by atoms with Gasteiger partial charge in [0.1, 0.15) is 0 Å². The molecule has 0 amide bonds. The molecule has 0 saturated carbocycles.